The van der Waals surface area contributed by atoms with Crippen molar-refractivity contribution in [3.05, 3.63) is 35.1 Å². The quantitative estimate of drug-likeness (QED) is 0.461. The molecule has 0 fully saturated rings. The highest BCUT2D eigenvalue weighted by molar-refractivity contribution is 6.14. The summed E-state index contributed by atoms with van der Waals surface area (Å²) in [5, 5.41) is 4.02. The molecule has 0 saturated heterocycles. The molecule has 0 radical (unpaired) electrons. The van der Waals surface area contributed by atoms with Gasteiger partial charge < -0.3 is 14.0 Å². The lowest BCUT2D eigenvalue weighted by atomic mass is 9.77. The van der Waals surface area contributed by atoms with Gasteiger partial charge in [0, 0.05) is 12.0 Å². The van der Waals surface area contributed by atoms with Gasteiger partial charge in [0.25, 0.3) is 0 Å². The Labute approximate surface area is 150 Å². The number of aromatic nitrogens is 1. The number of hydrogen-bond donors (Lipinski definition) is 0. The third-order valence-electron chi connectivity index (χ3n) is 4.55. The first-order valence-corrected chi connectivity index (χ1v) is 8.35. The molecule has 7 nitrogen and oxygen atoms in total. The van der Waals surface area contributed by atoms with Gasteiger partial charge in [-0.15, -0.1) is 0 Å². The number of ether oxygens (including phenoxy) is 2. The van der Waals surface area contributed by atoms with Crippen LogP contribution in [0.15, 0.2) is 22.7 Å². The van der Waals surface area contributed by atoms with Crippen LogP contribution in [0.5, 0.6) is 5.75 Å². The molecule has 1 aromatic heterocycles. The Kier molecular flexibility index (Phi) is 4.88. The average Bonchev–Trinajstić information content (AvgIpc) is 3.04. The zero-order valence-electron chi connectivity index (χ0n) is 14.8. The van der Waals surface area contributed by atoms with Crippen LogP contribution < -0.4 is 4.74 Å². The lowest BCUT2D eigenvalue weighted by Crippen LogP contribution is -2.36. The van der Waals surface area contributed by atoms with Gasteiger partial charge in [0.05, 0.1) is 24.8 Å². The number of esters is 1. The molecule has 136 valence electrons. The molecular weight excluding hydrogens is 338 g/mol. The highest BCUT2D eigenvalue weighted by Crippen LogP contribution is 2.40. The van der Waals surface area contributed by atoms with Crippen LogP contribution in [0, 0.1) is 11.8 Å². The fourth-order valence-corrected chi connectivity index (χ4v) is 3.35. The second-order valence-corrected chi connectivity index (χ2v) is 6.15. The molecule has 0 aliphatic heterocycles. The Morgan fingerprint density at radius 1 is 1.38 bits per heavy atom. The minimum Gasteiger partial charge on any atom is -0.496 e. The van der Waals surface area contributed by atoms with Gasteiger partial charge in [-0.1, -0.05) is 24.2 Å². The molecule has 1 aliphatic rings. The van der Waals surface area contributed by atoms with E-state index in [4.69, 9.17) is 14.0 Å². The SMILES string of the molecule is CCOC(=O)[C@@H]1C(=O)c2c(-c3c(C=O)cccc3OC)noc2C[C@H]1C. The van der Waals surface area contributed by atoms with Crippen LogP contribution in [0.25, 0.3) is 11.3 Å². The monoisotopic (exact) mass is 357 g/mol. The van der Waals surface area contributed by atoms with Crippen LogP contribution in [0.1, 0.15) is 40.3 Å². The first-order chi connectivity index (χ1) is 12.5. The largest absolute Gasteiger partial charge is 0.496 e. The molecule has 1 heterocycles. The van der Waals surface area contributed by atoms with E-state index in [1.807, 2.05) is 0 Å². The normalized spacial score (nSPS) is 19.0. The van der Waals surface area contributed by atoms with E-state index in [1.165, 1.54) is 7.11 Å². The first kappa shape index (κ1) is 17.8. The number of benzene rings is 1. The second-order valence-electron chi connectivity index (χ2n) is 6.15. The first-order valence-electron chi connectivity index (χ1n) is 8.35. The Balaban J connectivity index is 2.16. The van der Waals surface area contributed by atoms with Crippen molar-refractivity contribution in [2.45, 2.75) is 20.3 Å². The van der Waals surface area contributed by atoms with Gasteiger partial charge in [0.15, 0.2) is 12.1 Å². The maximum absolute atomic E-state index is 13.1. The highest BCUT2D eigenvalue weighted by atomic mass is 16.5. The Hall–Kier alpha value is -2.96. The number of rotatable bonds is 5. The van der Waals surface area contributed by atoms with E-state index >= 15 is 0 Å². The Bertz CT molecular complexity index is 869. The smallest absolute Gasteiger partial charge is 0.317 e. The predicted molar refractivity (Wildman–Crippen MR) is 91.2 cm³/mol. The van der Waals surface area contributed by atoms with Crippen LogP contribution in [0.4, 0.5) is 0 Å². The molecule has 0 N–H and O–H groups in total. The Morgan fingerprint density at radius 3 is 2.81 bits per heavy atom. The van der Waals surface area contributed by atoms with E-state index in [-0.39, 0.29) is 23.8 Å². The van der Waals surface area contributed by atoms with Crippen molar-refractivity contribution in [3.63, 3.8) is 0 Å². The number of aldehydes is 1. The number of hydrogen-bond acceptors (Lipinski definition) is 7. The molecule has 1 aromatic carbocycles. The summed E-state index contributed by atoms with van der Waals surface area (Å²) in [5.41, 5.74) is 1.12. The minimum atomic E-state index is -0.921. The summed E-state index contributed by atoms with van der Waals surface area (Å²) in [6.45, 7) is 3.68. The van der Waals surface area contributed by atoms with Gasteiger partial charge >= 0.3 is 5.97 Å². The van der Waals surface area contributed by atoms with Crippen molar-refractivity contribution < 1.29 is 28.4 Å². The van der Waals surface area contributed by atoms with Gasteiger partial charge in [-0.2, -0.15) is 0 Å². The van der Waals surface area contributed by atoms with Gasteiger partial charge in [0.1, 0.15) is 23.1 Å². The Morgan fingerprint density at radius 2 is 2.15 bits per heavy atom. The third kappa shape index (κ3) is 2.79. The minimum absolute atomic E-state index is 0.195. The van der Waals surface area contributed by atoms with Crippen molar-refractivity contribution in [1.82, 2.24) is 5.16 Å². The molecule has 1 aliphatic carbocycles. The van der Waals surface area contributed by atoms with E-state index in [0.29, 0.717) is 35.3 Å². The molecule has 26 heavy (non-hydrogen) atoms. The molecule has 3 rings (SSSR count). The standard InChI is InChI=1S/C19H19NO6/c1-4-25-19(23)14-10(2)8-13-16(18(14)22)17(20-26-13)15-11(9-21)6-5-7-12(15)24-3/h5-7,9-10,14H,4,8H2,1-3H3/t10-,14+/m1/s1. The number of carbonyl (C=O) groups excluding carboxylic acids is 3. The molecule has 0 amide bonds. The predicted octanol–water partition coefficient (Wildman–Crippen LogP) is 2.72. The van der Waals surface area contributed by atoms with E-state index in [2.05, 4.69) is 5.16 Å². The fourth-order valence-electron chi connectivity index (χ4n) is 3.35. The van der Waals surface area contributed by atoms with E-state index < -0.39 is 17.7 Å². The molecule has 7 heteroatoms. The average molecular weight is 357 g/mol. The van der Waals surface area contributed by atoms with Crippen LogP contribution in [-0.2, 0) is 16.0 Å². The van der Waals surface area contributed by atoms with Crippen LogP contribution in [-0.4, -0.2) is 36.9 Å². The molecular formula is C19H19NO6. The highest BCUT2D eigenvalue weighted by Gasteiger charge is 2.43. The van der Waals surface area contributed by atoms with Crippen LogP contribution >= 0.6 is 0 Å². The maximum Gasteiger partial charge on any atom is 0.317 e. The molecule has 0 spiro atoms. The summed E-state index contributed by atoms with van der Waals surface area (Å²) in [6.07, 6.45) is 1.04. The lowest BCUT2D eigenvalue weighted by molar-refractivity contribution is -0.147. The third-order valence-corrected chi connectivity index (χ3v) is 4.55. The van der Waals surface area contributed by atoms with Gasteiger partial charge in [-0.05, 0) is 18.9 Å². The number of ketones is 1. The van der Waals surface area contributed by atoms with Crippen molar-refractivity contribution in [3.8, 4) is 17.0 Å². The molecule has 0 bridgehead atoms. The van der Waals surface area contributed by atoms with Crippen LogP contribution in [0.2, 0.25) is 0 Å². The van der Waals surface area contributed by atoms with Gasteiger partial charge in [-0.3, -0.25) is 14.4 Å². The number of Topliss-reactive ketones (excluding diaryl/α,β-unsaturated/α-hetero) is 1. The molecule has 2 aromatic rings. The van der Waals surface area contributed by atoms with Crippen molar-refractivity contribution in [2.24, 2.45) is 11.8 Å². The summed E-state index contributed by atoms with van der Waals surface area (Å²) in [7, 11) is 1.46. The molecule has 0 unspecified atom stereocenters. The zero-order chi connectivity index (χ0) is 18.8. The number of carbonyl (C=O) groups is 3. The lowest BCUT2D eigenvalue weighted by Gasteiger charge is -2.25. The molecule has 2 atom stereocenters. The summed E-state index contributed by atoms with van der Waals surface area (Å²) in [6, 6.07) is 4.94. The fraction of sp³-hybridized carbons (Fsp3) is 0.368. The number of nitrogens with zero attached hydrogens (tertiary/aromatic N) is 1. The molecule has 0 saturated carbocycles. The summed E-state index contributed by atoms with van der Waals surface area (Å²) in [5.74, 6) is -1.35. The van der Waals surface area contributed by atoms with Gasteiger partial charge in [0.2, 0.25) is 0 Å². The van der Waals surface area contributed by atoms with Crippen LogP contribution in [0.3, 0.4) is 0 Å². The topological polar surface area (TPSA) is 95.7 Å². The number of fused-ring (bicyclic) bond motifs is 1. The summed E-state index contributed by atoms with van der Waals surface area (Å²) in [4.78, 5) is 36.8. The van der Waals surface area contributed by atoms with E-state index in [1.54, 1.807) is 32.0 Å². The van der Waals surface area contributed by atoms with Crippen molar-refractivity contribution in [2.75, 3.05) is 13.7 Å². The van der Waals surface area contributed by atoms with E-state index in [9.17, 15) is 14.4 Å². The van der Waals surface area contributed by atoms with E-state index in [0.717, 1.165) is 0 Å². The number of methoxy groups -OCH3 is 1. The van der Waals surface area contributed by atoms with Crippen molar-refractivity contribution >= 4 is 18.0 Å². The van der Waals surface area contributed by atoms with Crippen molar-refractivity contribution in [1.29, 1.82) is 0 Å². The van der Waals surface area contributed by atoms with Gasteiger partial charge in [-0.25, -0.2) is 0 Å². The summed E-state index contributed by atoms with van der Waals surface area (Å²) >= 11 is 0. The maximum atomic E-state index is 13.1. The summed E-state index contributed by atoms with van der Waals surface area (Å²) < 4.78 is 15.8. The zero-order valence-corrected chi connectivity index (χ0v) is 14.8. The second kappa shape index (κ2) is 7.11.